The molecule has 0 spiro atoms. The quantitative estimate of drug-likeness (QED) is 0.812. The normalized spacial score (nSPS) is 19.7. The van der Waals surface area contributed by atoms with E-state index in [0.29, 0.717) is 25.2 Å². The van der Waals surface area contributed by atoms with Gasteiger partial charge in [-0.25, -0.2) is 0 Å². The molecule has 0 aromatic carbocycles. The third-order valence-electron chi connectivity index (χ3n) is 5.78. The minimum absolute atomic E-state index is 0.0105. The molecule has 5 nitrogen and oxygen atoms in total. The van der Waals surface area contributed by atoms with Crippen molar-refractivity contribution in [3.8, 4) is 0 Å². The van der Waals surface area contributed by atoms with E-state index in [2.05, 4.69) is 29.8 Å². The predicted molar refractivity (Wildman–Crippen MR) is 112 cm³/mol. The van der Waals surface area contributed by atoms with E-state index in [1.807, 2.05) is 17.9 Å². The molecule has 4 rings (SSSR count). The number of aromatic amines is 1. The zero-order valence-corrected chi connectivity index (χ0v) is 18.2. The first kappa shape index (κ1) is 19.7. The molecule has 0 atom stereocenters. The topological polar surface area (TPSA) is 56.4 Å². The Bertz CT molecular complexity index is 922. The summed E-state index contributed by atoms with van der Waals surface area (Å²) < 4.78 is 0.813. The van der Waals surface area contributed by atoms with Gasteiger partial charge < -0.3 is 9.88 Å². The fourth-order valence-electron chi connectivity index (χ4n) is 4.37. The van der Waals surface area contributed by atoms with Gasteiger partial charge in [0.2, 0.25) is 0 Å². The zero-order valence-electron chi connectivity index (χ0n) is 16.6. The predicted octanol–water partition coefficient (Wildman–Crippen LogP) is 4.15. The summed E-state index contributed by atoms with van der Waals surface area (Å²) in [6, 6.07) is 4.00. The molecule has 1 aliphatic heterocycles. The van der Waals surface area contributed by atoms with Crippen LogP contribution in [0.2, 0.25) is 4.34 Å². The van der Waals surface area contributed by atoms with Crippen LogP contribution in [0, 0.1) is 12.3 Å². The van der Waals surface area contributed by atoms with E-state index < -0.39 is 0 Å². The van der Waals surface area contributed by atoms with Gasteiger partial charge in [0.1, 0.15) is 5.69 Å². The Labute approximate surface area is 174 Å². The first-order valence-electron chi connectivity index (χ1n) is 9.74. The molecule has 2 aliphatic rings. The summed E-state index contributed by atoms with van der Waals surface area (Å²) in [5.74, 6) is 0.162. The van der Waals surface area contributed by atoms with Gasteiger partial charge in [-0.3, -0.25) is 14.5 Å². The average molecular weight is 420 g/mol. The number of hydrogen-bond donors (Lipinski definition) is 1. The number of halogens is 1. The fraction of sp³-hybridized carbons (Fsp3) is 0.524. The number of nitrogens with zero attached hydrogens (tertiary/aromatic N) is 2. The lowest BCUT2D eigenvalue weighted by Crippen LogP contribution is -2.48. The van der Waals surface area contributed by atoms with Crippen molar-refractivity contribution in [3.05, 3.63) is 43.9 Å². The number of piperazine rings is 1. The number of fused-ring (bicyclic) bond motifs is 1. The molecule has 7 heteroatoms. The first-order valence-corrected chi connectivity index (χ1v) is 10.9. The van der Waals surface area contributed by atoms with Gasteiger partial charge in [-0.05, 0) is 36.5 Å². The van der Waals surface area contributed by atoms with Crippen LogP contribution in [0.1, 0.15) is 57.2 Å². The molecule has 1 amide bonds. The highest BCUT2D eigenvalue weighted by Crippen LogP contribution is 2.37. The maximum Gasteiger partial charge on any atom is 0.270 e. The van der Waals surface area contributed by atoms with Crippen LogP contribution in [0.15, 0.2) is 12.1 Å². The van der Waals surface area contributed by atoms with E-state index >= 15 is 0 Å². The molecule has 0 radical (unpaired) electrons. The molecule has 2 aromatic rings. The summed E-state index contributed by atoms with van der Waals surface area (Å²) in [5, 5.41) is 0. The van der Waals surface area contributed by atoms with E-state index in [4.69, 9.17) is 11.6 Å². The summed E-state index contributed by atoms with van der Waals surface area (Å²) in [7, 11) is 0. The maximum absolute atomic E-state index is 13.1. The fourth-order valence-corrected chi connectivity index (χ4v) is 5.50. The summed E-state index contributed by atoms with van der Waals surface area (Å²) in [6.45, 7) is 10.0. The molecule has 2 aromatic heterocycles. The number of hydrogen-bond acceptors (Lipinski definition) is 4. The van der Waals surface area contributed by atoms with E-state index in [1.165, 1.54) is 4.88 Å². The molecular formula is C21H26ClN3O2S. The molecular weight excluding hydrogens is 394 g/mol. The number of carbonyl (C=O) groups excluding carboxylic acids is 2. The molecule has 0 bridgehead atoms. The molecule has 1 N–H and O–H groups in total. The second kappa shape index (κ2) is 7.32. The van der Waals surface area contributed by atoms with Crippen LogP contribution >= 0.6 is 22.9 Å². The lowest BCUT2D eigenvalue weighted by molar-refractivity contribution is 0.0623. The van der Waals surface area contributed by atoms with Crippen molar-refractivity contribution in [1.82, 2.24) is 14.8 Å². The van der Waals surface area contributed by atoms with Crippen molar-refractivity contribution < 1.29 is 9.59 Å². The Morgan fingerprint density at radius 3 is 2.57 bits per heavy atom. The van der Waals surface area contributed by atoms with Crippen LogP contribution in [0.25, 0.3) is 0 Å². The van der Waals surface area contributed by atoms with Gasteiger partial charge in [-0.15, -0.1) is 11.3 Å². The minimum atomic E-state index is -0.0575. The maximum atomic E-state index is 13.1. The molecule has 3 heterocycles. The van der Waals surface area contributed by atoms with Crippen molar-refractivity contribution in [2.45, 2.75) is 40.2 Å². The molecule has 1 fully saturated rings. The Balaban J connectivity index is 1.44. The lowest BCUT2D eigenvalue weighted by atomic mass is 9.75. The largest absolute Gasteiger partial charge is 0.354 e. The smallest absolute Gasteiger partial charge is 0.270 e. The van der Waals surface area contributed by atoms with Crippen molar-refractivity contribution in [3.63, 3.8) is 0 Å². The monoisotopic (exact) mass is 419 g/mol. The van der Waals surface area contributed by atoms with Gasteiger partial charge >= 0.3 is 0 Å². The number of nitrogens with one attached hydrogen (secondary N) is 1. The van der Waals surface area contributed by atoms with Gasteiger partial charge in [0.05, 0.1) is 4.34 Å². The van der Waals surface area contributed by atoms with E-state index in [1.54, 1.807) is 11.3 Å². The van der Waals surface area contributed by atoms with Gasteiger partial charge in [-0.2, -0.15) is 0 Å². The number of thiophene rings is 1. The standard InChI is InChI=1S/C21H26ClN3O2S/c1-13-18-15(10-21(2,3)11-16(18)26)23-19(13)20(27)25-8-6-24(7-9-25)12-14-4-5-17(22)28-14/h4-5,23H,6-12H2,1-3H3. The number of carbonyl (C=O) groups is 2. The van der Waals surface area contributed by atoms with Crippen LogP contribution < -0.4 is 0 Å². The second-order valence-electron chi connectivity index (χ2n) is 8.69. The number of H-pyrrole nitrogens is 1. The van der Waals surface area contributed by atoms with Crippen molar-refractivity contribution in [2.75, 3.05) is 26.2 Å². The molecule has 0 saturated carbocycles. The summed E-state index contributed by atoms with van der Waals surface area (Å²) >= 11 is 7.62. The molecule has 1 aliphatic carbocycles. The Kier molecular flexibility index (Phi) is 5.14. The van der Waals surface area contributed by atoms with Gasteiger partial charge in [-0.1, -0.05) is 25.4 Å². The minimum Gasteiger partial charge on any atom is -0.354 e. The first-order chi connectivity index (χ1) is 13.2. The SMILES string of the molecule is Cc1c(C(=O)N2CCN(Cc3ccc(Cl)s3)CC2)[nH]c2c1C(=O)CC(C)(C)C2. The van der Waals surface area contributed by atoms with Crippen LogP contribution in [0.3, 0.4) is 0 Å². The number of ketones is 1. The Morgan fingerprint density at radius 2 is 1.93 bits per heavy atom. The van der Waals surface area contributed by atoms with E-state index in [0.717, 1.165) is 47.2 Å². The van der Waals surface area contributed by atoms with Crippen LogP contribution in [0.4, 0.5) is 0 Å². The highest BCUT2D eigenvalue weighted by Gasteiger charge is 2.36. The van der Waals surface area contributed by atoms with Crippen molar-refractivity contribution in [2.24, 2.45) is 5.41 Å². The van der Waals surface area contributed by atoms with Crippen molar-refractivity contribution >= 4 is 34.6 Å². The van der Waals surface area contributed by atoms with Crippen LogP contribution in [0.5, 0.6) is 0 Å². The highest BCUT2D eigenvalue weighted by molar-refractivity contribution is 7.16. The number of amides is 1. The molecule has 150 valence electrons. The Hall–Kier alpha value is -1.63. The molecule has 1 saturated heterocycles. The van der Waals surface area contributed by atoms with Gasteiger partial charge in [0.15, 0.2) is 5.78 Å². The molecule has 28 heavy (non-hydrogen) atoms. The number of Topliss-reactive ketones (excluding diaryl/α,β-unsaturated/α-hetero) is 1. The zero-order chi connectivity index (χ0) is 20.1. The second-order valence-corrected chi connectivity index (χ2v) is 10.5. The van der Waals surface area contributed by atoms with E-state index in [-0.39, 0.29) is 17.1 Å². The average Bonchev–Trinajstić information content (AvgIpc) is 3.17. The van der Waals surface area contributed by atoms with E-state index in [9.17, 15) is 9.59 Å². The summed E-state index contributed by atoms with van der Waals surface area (Å²) in [5.41, 5.74) is 3.02. The van der Waals surface area contributed by atoms with Gasteiger partial charge in [0.25, 0.3) is 5.91 Å². The number of rotatable bonds is 3. The lowest BCUT2D eigenvalue weighted by Gasteiger charge is -2.34. The highest BCUT2D eigenvalue weighted by atomic mass is 35.5. The number of aromatic nitrogens is 1. The molecule has 0 unspecified atom stereocenters. The van der Waals surface area contributed by atoms with Gasteiger partial charge in [0, 0.05) is 55.3 Å². The van der Waals surface area contributed by atoms with Crippen LogP contribution in [-0.4, -0.2) is 52.7 Å². The third kappa shape index (κ3) is 3.78. The summed E-state index contributed by atoms with van der Waals surface area (Å²) in [6.07, 6.45) is 1.34. The van der Waals surface area contributed by atoms with Crippen molar-refractivity contribution in [1.29, 1.82) is 0 Å². The summed E-state index contributed by atoms with van der Waals surface area (Å²) in [4.78, 5) is 34.5. The third-order valence-corrected chi connectivity index (χ3v) is 7.00. The Morgan fingerprint density at radius 1 is 1.21 bits per heavy atom. The van der Waals surface area contributed by atoms with Crippen LogP contribution in [-0.2, 0) is 13.0 Å².